The molecule has 0 atom stereocenters. The van der Waals surface area contributed by atoms with E-state index in [4.69, 9.17) is 9.84 Å². The smallest absolute Gasteiger partial charge is 0.335 e. The van der Waals surface area contributed by atoms with E-state index in [1.165, 1.54) is 18.3 Å². The molecule has 4 nitrogen and oxygen atoms in total. The monoisotopic (exact) mass is 247 g/mol. The second-order valence-corrected chi connectivity index (χ2v) is 3.69. The summed E-state index contributed by atoms with van der Waals surface area (Å²) >= 11 is 0. The molecule has 1 N–H and O–H groups in total. The van der Waals surface area contributed by atoms with Crippen LogP contribution >= 0.6 is 0 Å². The second kappa shape index (κ2) is 4.83. The maximum Gasteiger partial charge on any atom is 0.335 e. The molecule has 0 aliphatic heterocycles. The van der Waals surface area contributed by atoms with Crippen molar-refractivity contribution in [2.75, 3.05) is 0 Å². The topological polar surface area (TPSA) is 59.4 Å². The summed E-state index contributed by atoms with van der Waals surface area (Å²) in [6.07, 6.45) is 1.47. The highest BCUT2D eigenvalue weighted by Gasteiger charge is 2.09. The highest BCUT2D eigenvalue weighted by atomic mass is 19.1. The number of ether oxygens (including phenoxy) is 1. The molecule has 5 heteroatoms. The molecule has 1 heterocycles. The average molecular weight is 247 g/mol. The van der Waals surface area contributed by atoms with E-state index in [2.05, 4.69) is 4.98 Å². The second-order valence-electron chi connectivity index (χ2n) is 3.69. The van der Waals surface area contributed by atoms with Gasteiger partial charge in [0.2, 0.25) is 0 Å². The van der Waals surface area contributed by atoms with Crippen molar-refractivity contribution >= 4 is 5.97 Å². The molecule has 0 radical (unpaired) electrons. The van der Waals surface area contributed by atoms with Gasteiger partial charge in [-0.15, -0.1) is 0 Å². The van der Waals surface area contributed by atoms with Crippen LogP contribution in [0.1, 0.15) is 16.1 Å². The Kier molecular flexibility index (Phi) is 3.23. The van der Waals surface area contributed by atoms with Crippen LogP contribution in [0.2, 0.25) is 0 Å². The number of carboxylic acid groups (broad SMARTS) is 1. The summed E-state index contributed by atoms with van der Waals surface area (Å²) in [5, 5.41) is 8.70. The van der Waals surface area contributed by atoms with Crippen molar-refractivity contribution in [2.24, 2.45) is 0 Å². The van der Waals surface area contributed by atoms with Crippen molar-refractivity contribution in [1.29, 1.82) is 0 Å². The van der Waals surface area contributed by atoms with Crippen molar-refractivity contribution in [3.05, 3.63) is 53.6 Å². The van der Waals surface area contributed by atoms with Gasteiger partial charge >= 0.3 is 5.97 Å². The molecule has 0 fully saturated rings. The van der Waals surface area contributed by atoms with Crippen molar-refractivity contribution in [2.45, 2.75) is 6.92 Å². The molecule has 0 saturated carbocycles. The van der Waals surface area contributed by atoms with Crippen LogP contribution in [0.4, 0.5) is 4.39 Å². The number of aromatic carboxylic acids is 1. The first-order valence-corrected chi connectivity index (χ1v) is 5.19. The summed E-state index contributed by atoms with van der Waals surface area (Å²) in [4.78, 5) is 14.7. The van der Waals surface area contributed by atoms with Crippen LogP contribution in [0.25, 0.3) is 0 Å². The number of carboxylic acids is 1. The summed E-state index contributed by atoms with van der Waals surface area (Å²) in [7, 11) is 0. The highest BCUT2D eigenvalue weighted by Crippen LogP contribution is 2.24. The maximum atomic E-state index is 13.6. The molecule has 2 rings (SSSR count). The largest absolute Gasteiger partial charge is 0.478 e. The number of carbonyl (C=O) groups is 1. The predicted molar refractivity (Wildman–Crippen MR) is 62.4 cm³/mol. The van der Waals surface area contributed by atoms with Crippen LogP contribution in [-0.4, -0.2) is 16.1 Å². The zero-order chi connectivity index (χ0) is 13.1. The third-order valence-electron chi connectivity index (χ3n) is 2.29. The van der Waals surface area contributed by atoms with Gasteiger partial charge in [-0.25, -0.2) is 9.18 Å². The molecular weight excluding hydrogens is 237 g/mol. The van der Waals surface area contributed by atoms with E-state index in [-0.39, 0.29) is 11.3 Å². The van der Waals surface area contributed by atoms with Crippen molar-refractivity contribution < 1.29 is 19.0 Å². The Morgan fingerprint density at radius 3 is 2.67 bits per heavy atom. The molecule has 0 unspecified atom stereocenters. The molecular formula is C13H10FNO3. The van der Waals surface area contributed by atoms with E-state index in [0.29, 0.717) is 5.75 Å². The summed E-state index contributed by atoms with van der Waals surface area (Å²) in [5.41, 5.74) is 0.700. The highest BCUT2D eigenvalue weighted by molar-refractivity contribution is 5.87. The molecule has 92 valence electrons. The Bertz CT molecular complexity index is 581. The fourth-order valence-corrected chi connectivity index (χ4v) is 1.36. The van der Waals surface area contributed by atoms with Crippen LogP contribution in [0.5, 0.6) is 11.5 Å². The number of aryl methyl sites for hydroxylation is 1. The molecule has 18 heavy (non-hydrogen) atoms. The van der Waals surface area contributed by atoms with Crippen molar-refractivity contribution in [3.8, 4) is 11.5 Å². The fraction of sp³-hybridized carbons (Fsp3) is 0.0769. The van der Waals surface area contributed by atoms with Gasteiger partial charge < -0.3 is 9.84 Å². The number of hydrogen-bond donors (Lipinski definition) is 1. The fourth-order valence-electron chi connectivity index (χ4n) is 1.36. The van der Waals surface area contributed by atoms with Gasteiger partial charge in [-0.05, 0) is 37.3 Å². The van der Waals surface area contributed by atoms with Crippen LogP contribution in [-0.2, 0) is 0 Å². The van der Waals surface area contributed by atoms with E-state index in [0.717, 1.165) is 11.8 Å². The first-order valence-electron chi connectivity index (χ1n) is 5.19. The molecule has 1 aromatic heterocycles. The third-order valence-corrected chi connectivity index (χ3v) is 2.29. The van der Waals surface area contributed by atoms with Gasteiger partial charge in [-0.3, -0.25) is 4.98 Å². The van der Waals surface area contributed by atoms with Gasteiger partial charge in [0.25, 0.3) is 0 Å². The molecule has 0 spiro atoms. The minimum atomic E-state index is -1.18. The van der Waals surface area contributed by atoms with Gasteiger partial charge in [0.15, 0.2) is 11.6 Å². The van der Waals surface area contributed by atoms with E-state index in [1.807, 2.05) is 6.92 Å². The van der Waals surface area contributed by atoms with E-state index < -0.39 is 11.8 Å². The number of aromatic nitrogens is 1. The minimum Gasteiger partial charge on any atom is -0.478 e. The minimum absolute atomic E-state index is 0.0364. The Balaban J connectivity index is 2.24. The normalized spacial score (nSPS) is 10.1. The van der Waals surface area contributed by atoms with E-state index in [1.54, 1.807) is 12.1 Å². The Morgan fingerprint density at radius 1 is 1.33 bits per heavy atom. The summed E-state index contributed by atoms with van der Waals surface area (Å²) < 4.78 is 18.8. The summed E-state index contributed by atoms with van der Waals surface area (Å²) in [6, 6.07) is 6.87. The average Bonchev–Trinajstić information content (AvgIpc) is 2.34. The number of hydrogen-bond acceptors (Lipinski definition) is 3. The lowest BCUT2D eigenvalue weighted by molar-refractivity contribution is 0.0696. The van der Waals surface area contributed by atoms with E-state index >= 15 is 0 Å². The molecule has 2 aromatic rings. The Labute approximate surface area is 103 Å². The van der Waals surface area contributed by atoms with E-state index in [9.17, 15) is 9.18 Å². The van der Waals surface area contributed by atoms with Gasteiger partial charge in [0, 0.05) is 5.69 Å². The van der Waals surface area contributed by atoms with Gasteiger partial charge in [-0.2, -0.15) is 0 Å². The first-order chi connectivity index (χ1) is 8.56. The molecule has 1 aromatic carbocycles. The Morgan fingerprint density at radius 2 is 2.11 bits per heavy atom. The number of halogens is 1. The number of rotatable bonds is 3. The quantitative estimate of drug-likeness (QED) is 0.905. The lowest BCUT2D eigenvalue weighted by atomic mass is 10.2. The Hall–Kier alpha value is -2.43. The van der Waals surface area contributed by atoms with Crippen LogP contribution in [0.15, 0.2) is 36.5 Å². The zero-order valence-electron chi connectivity index (χ0n) is 9.55. The van der Waals surface area contributed by atoms with Crippen LogP contribution in [0.3, 0.4) is 0 Å². The number of nitrogens with zero attached hydrogens (tertiary/aromatic N) is 1. The molecule has 0 saturated heterocycles. The molecule has 0 bridgehead atoms. The van der Waals surface area contributed by atoms with Gasteiger partial charge in [0.05, 0.1) is 11.8 Å². The third kappa shape index (κ3) is 2.63. The molecule has 0 aliphatic rings. The maximum absolute atomic E-state index is 13.6. The zero-order valence-corrected chi connectivity index (χ0v) is 9.55. The van der Waals surface area contributed by atoms with Crippen LogP contribution < -0.4 is 4.74 Å². The standard InChI is InChI=1S/C13H10FNO3/c1-8-2-4-10(7-15-8)18-12-5-3-9(13(16)17)6-11(12)14/h2-7H,1H3,(H,16,17). The predicted octanol–water partition coefficient (Wildman–Crippen LogP) is 3.02. The van der Waals surface area contributed by atoms with Crippen molar-refractivity contribution in [3.63, 3.8) is 0 Å². The lowest BCUT2D eigenvalue weighted by Crippen LogP contribution is -1.98. The number of benzene rings is 1. The van der Waals surface area contributed by atoms with Crippen molar-refractivity contribution in [1.82, 2.24) is 4.98 Å². The SMILES string of the molecule is Cc1ccc(Oc2ccc(C(=O)O)cc2F)cn1. The molecule has 0 amide bonds. The summed E-state index contributed by atoms with van der Waals surface area (Å²) in [5.74, 6) is -1.55. The summed E-state index contributed by atoms with van der Waals surface area (Å²) in [6.45, 7) is 1.83. The van der Waals surface area contributed by atoms with Gasteiger partial charge in [-0.1, -0.05) is 0 Å². The lowest BCUT2D eigenvalue weighted by Gasteiger charge is -2.07. The molecule has 0 aliphatic carbocycles. The first kappa shape index (κ1) is 12.0. The van der Waals surface area contributed by atoms with Gasteiger partial charge in [0.1, 0.15) is 5.75 Å². The van der Waals surface area contributed by atoms with Crippen LogP contribution in [0, 0.1) is 12.7 Å². The number of pyridine rings is 1.